The second-order valence-corrected chi connectivity index (χ2v) is 7.38. The molecule has 3 heterocycles. The van der Waals surface area contributed by atoms with E-state index in [1.165, 1.54) is 25.3 Å². The Morgan fingerprint density at radius 3 is 2.96 bits per heavy atom. The Balaban J connectivity index is 1.67. The molecule has 0 amide bonds. The summed E-state index contributed by atoms with van der Waals surface area (Å²) in [6.07, 6.45) is 1.16. The number of nitrogens with zero attached hydrogens (tertiary/aromatic N) is 4. The first-order chi connectivity index (χ1) is 11.4. The van der Waals surface area contributed by atoms with Crippen molar-refractivity contribution in [3.63, 3.8) is 0 Å². The summed E-state index contributed by atoms with van der Waals surface area (Å²) in [5.74, 6) is -0.171. The van der Waals surface area contributed by atoms with E-state index in [4.69, 9.17) is 9.26 Å². The minimum Gasteiger partial charge on any atom is -0.454 e. The second kappa shape index (κ2) is 6.17. The van der Waals surface area contributed by atoms with Gasteiger partial charge in [-0.2, -0.15) is 13.4 Å². The molecule has 0 saturated heterocycles. The van der Waals surface area contributed by atoms with E-state index in [1.807, 2.05) is 17.5 Å². The van der Waals surface area contributed by atoms with Gasteiger partial charge >= 0.3 is 16.2 Å². The average molecular weight is 368 g/mol. The summed E-state index contributed by atoms with van der Waals surface area (Å²) in [7, 11) is -2.48. The topological polar surface area (TPSA) is 115 Å². The first kappa shape index (κ1) is 16.3. The van der Waals surface area contributed by atoms with Gasteiger partial charge in [0, 0.05) is 13.2 Å². The van der Waals surface area contributed by atoms with Crippen LogP contribution in [0.25, 0.3) is 10.8 Å². The molecule has 0 fully saturated rings. The first-order valence-electron chi connectivity index (χ1n) is 6.67. The molecule has 0 N–H and O–H groups in total. The van der Waals surface area contributed by atoms with Gasteiger partial charge in [-0.3, -0.25) is 4.31 Å². The number of thiophene rings is 1. The van der Waals surface area contributed by atoms with Gasteiger partial charge in [0.1, 0.15) is 0 Å². The highest BCUT2D eigenvalue weighted by molar-refractivity contribution is 7.88. The summed E-state index contributed by atoms with van der Waals surface area (Å²) >= 11 is 1.45. The van der Waals surface area contributed by atoms with Crippen LogP contribution in [0.2, 0.25) is 0 Å². The van der Waals surface area contributed by atoms with Crippen molar-refractivity contribution in [1.82, 2.24) is 14.4 Å². The number of carbonyl (C=O) groups excluding carboxylic acids is 1. The maximum atomic E-state index is 12.1. The minimum atomic E-state index is -3.77. The molecule has 0 bridgehead atoms. The van der Waals surface area contributed by atoms with Gasteiger partial charge in [-0.15, -0.1) is 15.7 Å². The fraction of sp³-hybridized carbons (Fsp3) is 0.231. The number of ether oxygens (including phenoxy) is 1. The molecule has 0 spiro atoms. The Hall–Kier alpha value is -2.53. The quantitative estimate of drug-likeness (QED) is 0.749. The van der Waals surface area contributed by atoms with Crippen LogP contribution in [0.15, 0.2) is 38.2 Å². The van der Waals surface area contributed by atoms with Gasteiger partial charge in [0.05, 0.1) is 16.2 Å². The van der Waals surface area contributed by atoms with Crippen LogP contribution in [0.5, 0.6) is 0 Å². The van der Waals surface area contributed by atoms with Crippen LogP contribution in [0.3, 0.4) is 0 Å². The normalized spacial score (nSPS) is 16.5. The average Bonchev–Trinajstić information content (AvgIpc) is 3.18. The van der Waals surface area contributed by atoms with Crippen LogP contribution in [0.1, 0.15) is 12.7 Å². The fourth-order valence-electron chi connectivity index (χ4n) is 1.85. The van der Waals surface area contributed by atoms with Crippen molar-refractivity contribution >= 4 is 33.2 Å². The van der Waals surface area contributed by atoms with Gasteiger partial charge in [-0.05, 0) is 18.4 Å². The summed E-state index contributed by atoms with van der Waals surface area (Å²) in [4.78, 5) is 17.0. The molecule has 9 nitrogen and oxygen atoms in total. The van der Waals surface area contributed by atoms with Crippen LogP contribution < -0.4 is 0 Å². The Bertz CT molecular complexity index is 927. The third-order valence-electron chi connectivity index (χ3n) is 3.07. The third kappa shape index (κ3) is 3.21. The van der Waals surface area contributed by atoms with Gasteiger partial charge in [0.2, 0.25) is 5.82 Å². The molecule has 2 aromatic heterocycles. The molecule has 0 unspecified atom stereocenters. The lowest BCUT2D eigenvalue weighted by Gasteiger charge is -2.18. The van der Waals surface area contributed by atoms with Crippen molar-refractivity contribution in [3.8, 4) is 10.8 Å². The monoisotopic (exact) mass is 368 g/mol. The first-order valence-corrected chi connectivity index (χ1v) is 8.95. The molecule has 126 valence electrons. The molecule has 0 aromatic carbocycles. The maximum Gasteiger partial charge on any atom is 0.344 e. The minimum absolute atomic E-state index is 0.0503. The number of esters is 1. The molecule has 0 radical (unpaired) electrons. The van der Waals surface area contributed by atoms with Crippen molar-refractivity contribution in [1.29, 1.82) is 0 Å². The molecule has 0 aliphatic carbocycles. The van der Waals surface area contributed by atoms with Gasteiger partial charge < -0.3 is 9.26 Å². The van der Waals surface area contributed by atoms with Crippen molar-refractivity contribution < 1.29 is 22.5 Å². The van der Waals surface area contributed by atoms with Crippen LogP contribution in [0.4, 0.5) is 0 Å². The maximum absolute atomic E-state index is 12.1. The van der Waals surface area contributed by atoms with Crippen molar-refractivity contribution in [3.05, 3.63) is 35.1 Å². The van der Waals surface area contributed by atoms with Crippen molar-refractivity contribution in [2.24, 2.45) is 4.40 Å². The highest BCUT2D eigenvalue weighted by atomic mass is 32.2. The van der Waals surface area contributed by atoms with E-state index in [1.54, 1.807) is 0 Å². The lowest BCUT2D eigenvalue weighted by molar-refractivity contribution is -0.140. The highest BCUT2D eigenvalue weighted by Crippen LogP contribution is 2.22. The van der Waals surface area contributed by atoms with E-state index in [0.717, 1.165) is 15.4 Å². The molecule has 0 saturated carbocycles. The standard InChI is InChI=1S/C13H12N4O5S2/c1-8-9(6-17(2)24(19,20)16-8)13(18)21-7-11-14-12(22-15-11)10-4-3-5-23-10/h3-6H,7H2,1-2H3. The van der Waals surface area contributed by atoms with Crippen LogP contribution in [0, 0.1) is 0 Å². The van der Waals surface area contributed by atoms with Crippen molar-refractivity contribution in [2.45, 2.75) is 13.5 Å². The fourth-order valence-corrected chi connectivity index (χ4v) is 3.31. The zero-order valence-electron chi connectivity index (χ0n) is 12.7. The van der Waals surface area contributed by atoms with Gasteiger partial charge in [-0.1, -0.05) is 11.2 Å². The number of hydrogen-bond acceptors (Lipinski definition) is 8. The predicted octanol–water partition coefficient (Wildman–Crippen LogP) is 1.38. The molecular weight excluding hydrogens is 356 g/mol. The van der Waals surface area contributed by atoms with Crippen LogP contribution in [-0.4, -0.2) is 41.6 Å². The van der Waals surface area contributed by atoms with E-state index in [2.05, 4.69) is 14.5 Å². The summed E-state index contributed by atoms with van der Waals surface area (Å²) in [6.45, 7) is 1.22. The van der Waals surface area contributed by atoms with Gasteiger partial charge in [0.25, 0.3) is 5.89 Å². The summed E-state index contributed by atoms with van der Waals surface area (Å²) in [5.41, 5.74) is 0.111. The van der Waals surface area contributed by atoms with Crippen LogP contribution in [-0.2, 0) is 26.3 Å². The second-order valence-electron chi connectivity index (χ2n) is 4.78. The Kier molecular flexibility index (Phi) is 4.20. The zero-order valence-corrected chi connectivity index (χ0v) is 14.3. The largest absolute Gasteiger partial charge is 0.454 e. The highest BCUT2D eigenvalue weighted by Gasteiger charge is 2.26. The van der Waals surface area contributed by atoms with Gasteiger partial charge in [0.15, 0.2) is 6.61 Å². The SMILES string of the molecule is CC1=NS(=O)(=O)N(C)C=C1C(=O)OCc1noc(-c2cccs2)n1. The molecule has 1 aliphatic rings. The molecule has 24 heavy (non-hydrogen) atoms. The smallest absolute Gasteiger partial charge is 0.344 e. The van der Waals surface area contributed by atoms with E-state index < -0.39 is 16.2 Å². The lowest BCUT2D eigenvalue weighted by Crippen LogP contribution is -2.29. The lowest BCUT2D eigenvalue weighted by atomic mass is 10.2. The number of aromatic nitrogens is 2. The molecular formula is C13H12N4O5S2. The summed E-state index contributed by atoms with van der Waals surface area (Å²) in [6, 6.07) is 3.68. The number of rotatable bonds is 4. The molecule has 3 rings (SSSR count). The Morgan fingerprint density at radius 2 is 2.25 bits per heavy atom. The number of carbonyl (C=O) groups is 1. The van der Waals surface area contributed by atoms with E-state index in [9.17, 15) is 13.2 Å². The zero-order chi connectivity index (χ0) is 17.3. The third-order valence-corrected chi connectivity index (χ3v) is 5.26. The number of hydrogen-bond donors (Lipinski definition) is 0. The van der Waals surface area contributed by atoms with E-state index >= 15 is 0 Å². The summed E-state index contributed by atoms with van der Waals surface area (Å²) < 4.78 is 37.6. The van der Waals surface area contributed by atoms with Gasteiger partial charge in [-0.25, -0.2) is 4.79 Å². The van der Waals surface area contributed by atoms with Crippen LogP contribution >= 0.6 is 11.3 Å². The Morgan fingerprint density at radius 1 is 1.46 bits per heavy atom. The molecule has 2 aromatic rings. The van der Waals surface area contributed by atoms with Crippen molar-refractivity contribution in [2.75, 3.05) is 7.05 Å². The summed E-state index contributed by atoms with van der Waals surface area (Å²) in [5, 5.41) is 5.61. The Labute approximate surface area is 141 Å². The van der Waals surface area contributed by atoms with E-state index in [0.29, 0.717) is 5.89 Å². The molecule has 11 heteroatoms. The molecule has 0 atom stereocenters. The molecule has 1 aliphatic heterocycles. The van der Waals surface area contributed by atoms with E-state index in [-0.39, 0.29) is 23.7 Å². The predicted molar refractivity (Wildman–Crippen MR) is 85.3 cm³/mol.